The van der Waals surface area contributed by atoms with E-state index in [0.717, 1.165) is 18.7 Å². The van der Waals surface area contributed by atoms with Crippen LogP contribution < -0.4 is 21.3 Å². The molecule has 3 rings (SSSR count). The zero-order chi connectivity index (χ0) is 22.2. The smallest absolute Gasteiger partial charge is 0.222 e. The number of benzene rings is 2. The number of guanidine groups is 1. The van der Waals surface area contributed by atoms with Gasteiger partial charge in [0.2, 0.25) is 5.91 Å². The standard InChI is InChI=1S/C24H32FN5O.HI/c1-17(19-6-5-7-22(15-19)30-12-3-4-13-30)29-24(27-2)28-16-20(23(26)31)14-18-8-10-21(25)11-9-18;/h5-11,15,17,20H,3-4,12-14,16H2,1-2H3,(H2,26,31)(H2,27,28,29);1H. The molecule has 1 saturated heterocycles. The molecule has 2 atom stereocenters. The van der Waals surface area contributed by atoms with E-state index < -0.39 is 11.8 Å². The predicted molar refractivity (Wildman–Crippen MR) is 139 cm³/mol. The van der Waals surface area contributed by atoms with E-state index >= 15 is 0 Å². The summed E-state index contributed by atoms with van der Waals surface area (Å²) in [5, 5.41) is 6.59. The molecular weight excluding hydrogens is 520 g/mol. The number of nitrogens with two attached hydrogens (primary N) is 1. The van der Waals surface area contributed by atoms with Gasteiger partial charge in [-0.3, -0.25) is 9.79 Å². The second-order valence-electron chi connectivity index (χ2n) is 8.04. The van der Waals surface area contributed by atoms with Crippen LogP contribution in [0.2, 0.25) is 0 Å². The van der Waals surface area contributed by atoms with Gasteiger partial charge in [-0.25, -0.2) is 4.39 Å². The minimum Gasteiger partial charge on any atom is -0.372 e. The second-order valence-corrected chi connectivity index (χ2v) is 8.04. The fourth-order valence-corrected chi connectivity index (χ4v) is 3.85. The number of carbonyl (C=O) groups is 1. The van der Waals surface area contributed by atoms with E-state index in [1.165, 1.54) is 36.2 Å². The average Bonchev–Trinajstić information content (AvgIpc) is 3.31. The second kappa shape index (κ2) is 12.6. The van der Waals surface area contributed by atoms with Gasteiger partial charge in [-0.1, -0.05) is 24.3 Å². The molecule has 1 fully saturated rings. The van der Waals surface area contributed by atoms with Crippen molar-refractivity contribution in [1.82, 2.24) is 10.6 Å². The van der Waals surface area contributed by atoms with E-state index in [1.807, 2.05) is 0 Å². The average molecular weight is 553 g/mol. The van der Waals surface area contributed by atoms with Gasteiger partial charge in [0.05, 0.1) is 12.0 Å². The molecule has 0 spiro atoms. The molecule has 0 radical (unpaired) electrons. The first kappa shape index (κ1) is 25.9. The van der Waals surface area contributed by atoms with E-state index in [-0.39, 0.29) is 35.8 Å². The summed E-state index contributed by atoms with van der Waals surface area (Å²) in [4.78, 5) is 18.6. The topological polar surface area (TPSA) is 82.7 Å². The lowest BCUT2D eigenvalue weighted by Gasteiger charge is -2.23. The fraction of sp³-hybridized carbons (Fsp3) is 0.417. The number of rotatable bonds is 8. The first-order valence-electron chi connectivity index (χ1n) is 10.8. The lowest BCUT2D eigenvalue weighted by Crippen LogP contribution is -2.43. The third kappa shape index (κ3) is 7.36. The van der Waals surface area contributed by atoms with Crippen LogP contribution in [0.25, 0.3) is 0 Å². The molecule has 174 valence electrons. The van der Waals surface area contributed by atoms with Gasteiger partial charge >= 0.3 is 0 Å². The van der Waals surface area contributed by atoms with Crippen molar-refractivity contribution in [3.63, 3.8) is 0 Å². The Morgan fingerprint density at radius 3 is 2.50 bits per heavy atom. The number of carbonyl (C=O) groups excluding carboxylic acids is 1. The van der Waals surface area contributed by atoms with Crippen LogP contribution >= 0.6 is 24.0 Å². The van der Waals surface area contributed by atoms with Gasteiger partial charge in [0.15, 0.2) is 5.96 Å². The molecule has 8 heteroatoms. The molecule has 6 nitrogen and oxygen atoms in total. The highest BCUT2D eigenvalue weighted by molar-refractivity contribution is 14.0. The zero-order valence-electron chi connectivity index (χ0n) is 18.7. The maximum absolute atomic E-state index is 13.1. The van der Waals surface area contributed by atoms with Gasteiger partial charge in [0, 0.05) is 32.4 Å². The summed E-state index contributed by atoms with van der Waals surface area (Å²) in [6.07, 6.45) is 2.92. The minimum absolute atomic E-state index is 0. The molecule has 1 aliphatic heterocycles. The highest BCUT2D eigenvalue weighted by Crippen LogP contribution is 2.24. The van der Waals surface area contributed by atoms with Gasteiger partial charge in [-0.15, -0.1) is 24.0 Å². The minimum atomic E-state index is -0.433. The largest absolute Gasteiger partial charge is 0.372 e. The van der Waals surface area contributed by atoms with Crippen molar-refractivity contribution in [2.75, 3.05) is 31.6 Å². The quantitative estimate of drug-likeness (QED) is 0.265. The van der Waals surface area contributed by atoms with Crippen molar-refractivity contribution in [3.8, 4) is 0 Å². The summed E-state index contributed by atoms with van der Waals surface area (Å²) in [5.41, 5.74) is 8.88. The highest BCUT2D eigenvalue weighted by atomic mass is 127. The van der Waals surface area contributed by atoms with Crippen molar-refractivity contribution in [2.24, 2.45) is 16.6 Å². The molecule has 0 bridgehead atoms. The van der Waals surface area contributed by atoms with Crippen molar-refractivity contribution < 1.29 is 9.18 Å². The third-order valence-electron chi connectivity index (χ3n) is 5.73. The Labute approximate surface area is 206 Å². The Kier molecular flexibility index (Phi) is 10.2. The van der Waals surface area contributed by atoms with Crippen LogP contribution in [0.5, 0.6) is 0 Å². The molecule has 0 aromatic heterocycles. The number of aliphatic imine (C=N–C) groups is 1. The van der Waals surface area contributed by atoms with Crippen LogP contribution in [0.1, 0.15) is 36.9 Å². The number of primary amides is 1. The number of hydrogen-bond donors (Lipinski definition) is 3. The lowest BCUT2D eigenvalue weighted by atomic mass is 9.98. The molecule has 4 N–H and O–H groups in total. The number of anilines is 1. The number of amides is 1. The number of nitrogens with one attached hydrogen (secondary N) is 2. The molecule has 2 unspecified atom stereocenters. The molecule has 2 aromatic rings. The summed E-state index contributed by atoms with van der Waals surface area (Å²) < 4.78 is 13.1. The maximum Gasteiger partial charge on any atom is 0.222 e. The number of halogens is 2. The number of nitrogens with zero attached hydrogens (tertiary/aromatic N) is 2. The van der Waals surface area contributed by atoms with Gasteiger partial charge < -0.3 is 21.3 Å². The third-order valence-corrected chi connectivity index (χ3v) is 5.73. The van der Waals surface area contributed by atoms with Crippen LogP contribution in [0.3, 0.4) is 0 Å². The van der Waals surface area contributed by atoms with Gasteiger partial charge in [-0.05, 0) is 61.6 Å². The Bertz CT molecular complexity index is 900. The van der Waals surface area contributed by atoms with Crippen LogP contribution in [0, 0.1) is 11.7 Å². The van der Waals surface area contributed by atoms with E-state index in [4.69, 9.17) is 5.73 Å². The molecule has 0 aliphatic carbocycles. The van der Waals surface area contributed by atoms with E-state index in [2.05, 4.69) is 51.7 Å². The van der Waals surface area contributed by atoms with Gasteiger partial charge in [-0.2, -0.15) is 0 Å². The van der Waals surface area contributed by atoms with Gasteiger partial charge in [0.1, 0.15) is 5.82 Å². The monoisotopic (exact) mass is 553 g/mol. The highest BCUT2D eigenvalue weighted by Gasteiger charge is 2.18. The summed E-state index contributed by atoms with van der Waals surface area (Å²) in [5.74, 6) is -0.536. The summed E-state index contributed by atoms with van der Waals surface area (Å²) in [6.45, 7) is 4.64. The Morgan fingerprint density at radius 2 is 1.88 bits per heavy atom. The Hall–Kier alpha value is -2.36. The fourth-order valence-electron chi connectivity index (χ4n) is 3.85. The molecule has 2 aromatic carbocycles. The molecule has 0 saturated carbocycles. The van der Waals surface area contributed by atoms with Crippen molar-refractivity contribution in [1.29, 1.82) is 0 Å². The Morgan fingerprint density at radius 1 is 1.19 bits per heavy atom. The molecule has 1 amide bonds. The first-order valence-corrected chi connectivity index (χ1v) is 10.8. The molecular formula is C24H33FIN5O. The van der Waals surface area contributed by atoms with Crippen molar-refractivity contribution >= 4 is 41.5 Å². The normalized spacial score (nSPS) is 15.6. The molecule has 32 heavy (non-hydrogen) atoms. The predicted octanol–water partition coefficient (Wildman–Crippen LogP) is 3.61. The summed E-state index contributed by atoms with van der Waals surface area (Å²) in [6, 6.07) is 14.7. The summed E-state index contributed by atoms with van der Waals surface area (Å²) >= 11 is 0. The molecule has 1 aliphatic rings. The first-order chi connectivity index (χ1) is 15.0. The van der Waals surface area contributed by atoms with Crippen molar-refractivity contribution in [2.45, 2.75) is 32.2 Å². The maximum atomic E-state index is 13.1. The zero-order valence-corrected chi connectivity index (χ0v) is 21.0. The van der Waals surface area contributed by atoms with E-state index in [1.54, 1.807) is 19.2 Å². The molecule has 1 heterocycles. The Balaban J connectivity index is 0.00000363. The van der Waals surface area contributed by atoms with Crippen LogP contribution in [0.15, 0.2) is 53.5 Å². The van der Waals surface area contributed by atoms with Crippen LogP contribution in [-0.2, 0) is 11.2 Å². The van der Waals surface area contributed by atoms with E-state index in [9.17, 15) is 9.18 Å². The lowest BCUT2D eigenvalue weighted by molar-refractivity contribution is -0.121. The number of hydrogen-bond acceptors (Lipinski definition) is 3. The van der Waals surface area contributed by atoms with E-state index in [0.29, 0.717) is 18.9 Å². The van der Waals surface area contributed by atoms with Crippen LogP contribution in [0.4, 0.5) is 10.1 Å². The van der Waals surface area contributed by atoms with Gasteiger partial charge in [0.25, 0.3) is 0 Å². The summed E-state index contributed by atoms with van der Waals surface area (Å²) in [7, 11) is 1.70. The van der Waals surface area contributed by atoms with Crippen LogP contribution in [-0.4, -0.2) is 38.5 Å². The SMILES string of the molecule is CN=C(NCC(Cc1ccc(F)cc1)C(N)=O)NC(C)c1cccc(N2CCCC2)c1.I. The van der Waals surface area contributed by atoms with Crippen molar-refractivity contribution in [3.05, 3.63) is 65.5 Å².